The Morgan fingerprint density at radius 3 is 2.54 bits per heavy atom. The summed E-state index contributed by atoms with van der Waals surface area (Å²) < 4.78 is 2.24. The van der Waals surface area contributed by atoms with E-state index < -0.39 is 11.5 Å². The molecular weight excluding hydrogens is 354 g/mol. The summed E-state index contributed by atoms with van der Waals surface area (Å²) in [6.45, 7) is 10.6. The van der Waals surface area contributed by atoms with Gasteiger partial charge in [0.25, 0.3) is 5.91 Å². The van der Waals surface area contributed by atoms with Crippen LogP contribution in [0.4, 0.5) is 0 Å². The van der Waals surface area contributed by atoms with Crippen LogP contribution in [0.3, 0.4) is 0 Å². The van der Waals surface area contributed by atoms with Crippen molar-refractivity contribution in [3.05, 3.63) is 17.2 Å². The highest BCUT2D eigenvalue weighted by atomic mass is 16.2. The number of likely N-dealkylation sites (N-methyl/N-ethyl adjacent to an activating group) is 1. The number of aromatic nitrogens is 2. The van der Waals surface area contributed by atoms with Crippen LogP contribution in [0.25, 0.3) is 0 Å². The summed E-state index contributed by atoms with van der Waals surface area (Å²) in [5, 5.41) is 5.60. The molecule has 7 nitrogen and oxygen atoms in total. The predicted molar refractivity (Wildman–Crippen MR) is 111 cm³/mol. The fourth-order valence-electron chi connectivity index (χ4n) is 3.72. The molecule has 158 valence electrons. The number of aryl methyl sites for hydroxylation is 1. The van der Waals surface area contributed by atoms with E-state index in [0.29, 0.717) is 12.2 Å². The van der Waals surface area contributed by atoms with Crippen molar-refractivity contribution < 1.29 is 9.59 Å². The van der Waals surface area contributed by atoms with Gasteiger partial charge in [-0.1, -0.05) is 40.5 Å². The molecule has 0 aromatic carbocycles. The number of hydrogen-bond acceptors (Lipinski definition) is 4. The standard InChI is InChI=1S/C21H37N5O2/c1-7-8-9-11-16-23-17(15-14-25(6)12-10-13-26(15)16)19(27)24-18(20(28)22-5)21(2,3)4/h18H,7-14H2,1-6H3,(H,22,28)(H,24,27). The van der Waals surface area contributed by atoms with Crippen LogP contribution in [0, 0.1) is 5.41 Å². The second-order valence-electron chi connectivity index (χ2n) is 8.91. The molecule has 0 radical (unpaired) electrons. The van der Waals surface area contributed by atoms with Crippen molar-refractivity contribution in [1.29, 1.82) is 0 Å². The zero-order valence-corrected chi connectivity index (χ0v) is 18.4. The van der Waals surface area contributed by atoms with Crippen LogP contribution in [0.5, 0.6) is 0 Å². The van der Waals surface area contributed by atoms with Gasteiger partial charge < -0.3 is 20.1 Å². The van der Waals surface area contributed by atoms with Gasteiger partial charge in [0.2, 0.25) is 5.91 Å². The number of carbonyl (C=O) groups excluding carboxylic acids is 2. The molecule has 28 heavy (non-hydrogen) atoms. The molecule has 1 aromatic rings. The zero-order chi connectivity index (χ0) is 20.9. The van der Waals surface area contributed by atoms with Crippen molar-refractivity contribution in [2.24, 2.45) is 5.41 Å². The van der Waals surface area contributed by atoms with Gasteiger partial charge in [0, 0.05) is 26.6 Å². The first-order valence-corrected chi connectivity index (χ1v) is 10.5. The van der Waals surface area contributed by atoms with E-state index in [2.05, 4.69) is 34.1 Å². The second-order valence-corrected chi connectivity index (χ2v) is 8.91. The van der Waals surface area contributed by atoms with Gasteiger partial charge in [0.05, 0.1) is 5.69 Å². The number of nitrogens with zero attached hydrogens (tertiary/aromatic N) is 3. The van der Waals surface area contributed by atoms with E-state index in [-0.39, 0.29) is 11.8 Å². The van der Waals surface area contributed by atoms with Crippen LogP contribution in [0.2, 0.25) is 0 Å². The molecule has 1 aliphatic rings. The van der Waals surface area contributed by atoms with Gasteiger partial charge >= 0.3 is 0 Å². The van der Waals surface area contributed by atoms with E-state index in [1.807, 2.05) is 20.8 Å². The Hall–Kier alpha value is -1.89. The van der Waals surface area contributed by atoms with E-state index in [9.17, 15) is 9.59 Å². The quantitative estimate of drug-likeness (QED) is 0.699. The Bertz CT molecular complexity index is 690. The SMILES string of the molecule is CCCCCc1nc(C(=O)NC(C(=O)NC)C(C)(C)C)c2n1CCCN(C)C2. The van der Waals surface area contributed by atoms with Crippen molar-refractivity contribution in [1.82, 2.24) is 25.1 Å². The van der Waals surface area contributed by atoms with Crippen LogP contribution in [0.1, 0.15) is 75.4 Å². The average Bonchev–Trinajstić information content (AvgIpc) is 2.83. The van der Waals surface area contributed by atoms with Crippen molar-refractivity contribution in [3.63, 3.8) is 0 Å². The van der Waals surface area contributed by atoms with Crippen molar-refractivity contribution in [2.45, 2.75) is 78.9 Å². The zero-order valence-electron chi connectivity index (χ0n) is 18.4. The molecule has 0 fully saturated rings. The van der Waals surface area contributed by atoms with Crippen LogP contribution in [-0.4, -0.2) is 52.9 Å². The van der Waals surface area contributed by atoms with Crippen LogP contribution >= 0.6 is 0 Å². The summed E-state index contributed by atoms with van der Waals surface area (Å²) in [5.41, 5.74) is 1.04. The average molecular weight is 392 g/mol. The molecule has 1 atom stereocenters. The summed E-state index contributed by atoms with van der Waals surface area (Å²) in [6, 6.07) is -0.616. The number of rotatable bonds is 7. The maximum Gasteiger partial charge on any atom is 0.272 e. The first-order chi connectivity index (χ1) is 13.2. The van der Waals surface area contributed by atoms with Gasteiger partial charge in [-0.05, 0) is 31.8 Å². The van der Waals surface area contributed by atoms with Crippen molar-refractivity contribution in [3.8, 4) is 0 Å². The first kappa shape index (κ1) is 22.4. The Morgan fingerprint density at radius 1 is 1.21 bits per heavy atom. The Morgan fingerprint density at radius 2 is 1.93 bits per heavy atom. The minimum Gasteiger partial charge on any atom is -0.357 e. The molecule has 1 aromatic heterocycles. The number of amides is 2. The largest absolute Gasteiger partial charge is 0.357 e. The number of hydrogen-bond donors (Lipinski definition) is 2. The summed E-state index contributed by atoms with van der Waals surface area (Å²) in [6.07, 6.45) is 5.32. The molecule has 2 N–H and O–H groups in total. The summed E-state index contributed by atoms with van der Waals surface area (Å²) in [7, 11) is 3.67. The van der Waals surface area contributed by atoms with Gasteiger partial charge in [-0.15, -0.1) is 0 Å². The third kappa shape index (κ3) is 5.34. The van der Waals surface area contributed by atoms with E-state index in [1.54, 1.807) is 7.05 Å². The number of unbranched alkanes of at least 4 members (excludes halogenated alkanes) is 2. The molecule has 0 saturated heterocycles. The lowest BCUT2D eigenvalue weighted by atomic mass is 9.86. The molecule has 0 aliphatic carbocycles. The maximum absolute atomic E-state index is 13.2. The summed E-state index contributed by atoms with van der Waals surface area (Å²) in [4.78, 5) is 32.5. The predicted octanol–water partition coefficient (Wildman–Crippen LogP) is 2.34. The first-order valence-electron chi connectivity index (χ1n) is 10.5. The highest BCUT2D eigenvalue weighted by Gasteiger charge is 2.34. The van der Waals surface area contributed by atoms with Crippen LogP contribution < -0.4 is 10.6 Å². The molecule has 2 heterocycles. The smallest absolute Gasteiger partial charge is 0.272 e. The third-order valence-electron chi connectivity index (χ3n) is 5.36. The molecule has 1 unspecified atom stereocenters. The lowest BCUT2D eigenvalue weighted by Crippen LogP contribution is -2.53. The minimum absolute atomic E-state index is 0.188. The van der Waals surface area contributed by atoms with E-state index in [4.69, 9.17) is 4.98 Å². The minimum atomic E-state index is -0.616. The molecule has 0 spiro atoms. The molecule has 1 aliphatic heterocycles. The Labute approximate surface area is 169 Å². The van der Waals surface area contributed by atoms with Gasteiger partial charge in [0.15, 0.2) is 5.69 Å². The summed E-state index contributed by atoms with van der Waals surface area (Å²) in [5.74, 6) is 0.548. The second kappa shape index (κ2) is 9.54. The molecule has 7 heteroatoms. The van der Waals surface area contributed by atoms with Gasteiger partial charge in [0.1, 0.15) is 11.9 Å². The molecular formula is C21H37N5O2. The topological polar surface area (TPSA) is 79.3 Å². The number of fused-ring (bicyclic) bond motifs is 1. The van der Waals surface area contributed by atoms with Crippen LogP contribution in [0.15, 0.2) is 0 Å². The monoisotopic (exact) mass is 391 g/mol. The fourth-order valence-corrected chi connectivity index (χ4v) is 3.72. The number of imidazole rings is 1. The van der Waals surface area contributed by atoms with E-state index in [1.165, 1.54) is 0 Å². The van der Waals surface area contributed by atoms with Gasteiger partial charge in [-0.25, -0.2) is 4.98 Å². The highest BCUT2D eigenvalue weighted by Crippen LogP contribution is 2.23. The van der Waals surface area contributed by atoms with Gasteiger partial charge in [-0.3, -0.25) is 9.59 Å². The number of nitrogens with one attached hydrogen (secondary N) is 2. The molecule has 0 bridgehead atoms. The van der Waals surface area contributed by atoms with Crippen molar-refractivity contribution in [2.75, 3.05) is 20.6 Å². The lowest BCUT2D eigenvalue weighted by Gasteiger charge is -2.29. The molecule has 2 amide bonds. The highest BCUT2D eigenvalue weighted by molar-refractivity contribution is 5.97. The Balaban J connectivity index is 2.34. The summed E-state index contributed by atoms with van der Waals surface area (Å²) >= 11 is 0. The fraction of sp³-hybridized carbons (Fsp3) is 0.762. The van der Waals surface area contributed by atoms with Crippen LogP contribution in [-0.2, 0) is 24.3 Å². The normalized spacial score (nSPS) is 16.2. The van der Waals surface area contributed by atoms with Crippen molar-refractivity contribution >= 4 is 11.8 Å². The number of carbonyl (C=O) groups is 2. The molecule has 2 rings (SSSR count). The van der Waals surface area contributed by atoms with E-state index >= 15 is 0 Å². The van der Waals surface area contributed by atoms with Gasteiger partial charge in [-0.2, -0.15) is 0 Å². The maximum atomic E-state index is 13.2. The molecule has 0 saturated carbocycles. The van der Waals surface area contributed by atoms with E-state index in [0.717, 1.165) is 56.7 Å². The third-order valence-corrected chi connectivity index (χ3v) is 5.36. The lowest BCUT2D eigenvalue weighted by molar-refractivity contribution is -0.124. The Kier molecular flexibility index (Phi) is 7.63.